The minimum absolute atomic E-state index is 0.0582. The van der Waals surface area contributed by atoms with E-state index in [1.165, 1.54) is 12.1 Å². The number of hydrogen-bond acceptors (Lipinski definition) is 3. The number of nitrogens with one attached hydrogen (secondary N) is 1. The summed E-state index contributed by atoms with van der Waals surface area (Å²) in [5.41, 5.74) is -1.16. The van der Waals surface area contributed by atoms with Crippen LogP contribution in [0.2, 0.25) is 0 Å². The zero-order valence-electron chi connectivity index (χ0n) is 13.2. The fourth-order valence-electron chi connectivity index (χ4n) is 2.85. The standard InChI is InChI=1S/C14H11F3N2O3.C2H6/c15-14(16,17)8-3-1-2-7-6-19(13(22)11(7)8)9-4-5-10(20)18-12(9)21;1-2/h1-3,9H,4-6H2,(H,18,20,21);1-2H3. The molecule has 0 bridgehead atoms. The van der Waals surface area contributed by atoms with Gasteiger partial charge in [0.05, 0.1) is 11.1 Å². The number of rotatable bonds is 1. The van der Waals surface area contributed by atoms with Crippen LogP contribution in [0.15, 0.2) is 18.2 Å². The average molecular weight is 342 g/mol. The molecule has 0 spiro atoms. The first-order valence-corrected chi connectivity index (χ1v) is 7.63. The molecule has 1 saturated heterocycles. The molecule has 1 aromatic carbocycles. The van der Waals surface area contributed by atoms with Crippen molar-refractivity contribution in [1.29, 1.82) is 0 Å². The van der Waals surface area contributed by atoms with Crippen molar-refractivity contribution in [3.8, 4) is 0 Å². The summed E-state index contributed by atoms with van der Waals surface area (Å²) >= 11 is 0. The van der Waals surface area contributed by atoms with Gasteiger partial charge in [-0.2, -0.15) is 13.2 Å². The second kappa shape index (κ2) is 6.62. The van der Waals surface area contributed by atoms with Crippen LogP contribution in [0.4, 0.5) is 13.2 Å². The van der Waals surface area contributed by atoms with Crippen molar-refractivity contribution >= 4 is 17.7 Å². The summed E-state index contributed by atoms with van der Waals surface area (Å²) in [7, 11) is 0. The van der Waals surface area contributed by atoms with E-state index in [4.69, 9.17) is 0 Å². The molecule has 24 heavy (non-hydrogen) atoms. The van der Waals surface area contributed by atoms with Gasteiger partial charge in [0.1, 0.15) is 6.04 Å². The minimum Gasteiger partial charge on any atom is -0.322 e. The largest absolute Gasteiger partial charge is 0.417 e. The van der Waals surface area contributed by atoms with E-state index in [0.29, 0.717) is 0 Å². The molecule has 2 heterocycles. The molecule has 0 radical (unpaired) electrons. The van der Waals surface area contributed by atoms with Crippen LogP contribution in [0.3, 0.4) is 0 Å². The summed E-state index contributed by atoms with van der Waals surface area (Å²) in [6.45, 7) is 3.93. The molecule has 8 heteroatoms. The maximum Gasteiger partial charge on any atom is 0.417 e. The first-order chi connectivity index (χ1) is 11.3. The van der Waals surface area contributed by atoms with E-state index in [-0.39, 0.29) is 24.9 Å². The van der Waals surface area contributed by atoms with Gasteiger partial charge in [-0.15, -0.1) is 0 Å². The van der Waals surface area contributed by atoms with Gasteiger partial charge in [-0.05, 0) is 18.1 Å². The highest BCUT2D eigenvalue weighted by Crippen LogP contribution is 2.38. The second-order valence-corrected chi connectivity index (χ2v) is 5.24. The van der Waals surface area contributed by atoms with Crippen molar-refractivity contribution < 1.29 is 27.6 Å². The summed E-state index contributed by atoms with van der Waals surface area (Å²) in [6, 6.07) is 2.61. The van der Waals surface area contributed by atoms with Gasteiger partial charge in [0.25, 0.3) is 5.91 Å². The third-order valence-corrected chi connectivity index (χ3v) is 3.86. The molecule has 5 nitrogen and oxygen atoms in total. The monoisotopic (exact) mass is 342 g/mol. The van der Waals surface area contributed by atoms with Crippen LogP contribution in [0, 0.1) is 0 Å². The molecule has 0 aromatic heterocycles. The molecule has 0 saturated carbocycles. The highest BCUT2D eigenvalue weighted by molar-refractivity contribution is 6.06. The van der Waals surface area contributed by atoms with Crippen LogP contribution in [0.25, 0.3) is 0 Å². The van der Waals surface area contributed by atoms with Crippen LogP contribution >= 0.6 is 0 Å². The number of imide groups is 1. The van der Waals surface area contributed by atoms with E-state index in [9.17, 15) is 27.6 Å². The maximum atomic E-state index is 13.0. The van der Waals surface area contributed by atoms with Gasteiger partial charge in [0.2, 0.25) is 11.8 Å². The molecule has 2 aliphatic heterocycles. The number of hydrogen-bond donors (Lipinski definition) is 1. The third kappa shape index (κ3) is 3.13. The quantitative estimate of drug-likeness (QED) is 0.798. The zero-order valence-corrected chi connectivity index (χ0v) is 13.2. The summed E-state index contributed by atoms with van der Waals surface area (Å²) in [5.74, 6) is -1.91. The van der Waals surface area contributed by atoms with Crippen LogP contribution in [0.1, 0.15) is 48.2 Å². The predicted molar refractivity (Wildman–Crippen MR) is 78.8 cm³/mol. The van der Waals surface area contributed by atoms with E-state index in [2.05, 4.69) is 5.32 Å². The number of carbonyl (C=O) groups excluding carboxylic acids is 3. The van der Waals surface area contributed by atoms with Crippen molar-refractivity contribution in [2.45, 2.75) is 45.5 Å². The minimum atomic E-state index is -4.64. The van der Waals surface area contributed by atoms with Gasteiger partial charge in [0.15, 0.2) is 0 Å². The van der Waals surface area contributed by atoms with E-state index < -0.39 is 41.1 Å². The molecule has 3 rings (SSSR count). The summed E-state index contributed by atoms with van der Waals surface area (Å²) in [4.78, 5) is 36.4. The first-order valence-electron chi connectivity index (χ1n) is 7.63. The lowest BCUT2D eigenvalue weighted by molar-refractivity contribution is -0.138. The van der Waals surface area contributed by atoms with E-state index in [0.717, 1.165) is 11.0 Å². The SMILES string of the molecule is CC.O=C1CCC(N2Cc3cccc(C(F)(F)F)c3C2=O)C(=O)N1. The Bertz CT molecular complexity index is 686. The Morgan fingerprint density at radius 3 is 2.42 bits per heavy atom. The number of halogens is 3. The van der Waals surface area contributed by atoms with Crippen molar-refractivity contribution in [3.63, 3.8) is 0 Å². The van der Waals surface area contributed by atoms with Gasteiger partial charge in [0, 0.05) is 13.0 Å². The highest BCUT2D eigenvalue weighted by atomic mass is 19.4. The molecule has 130 valence electrons. The Labute approximate surface area is 136 Å². The molecule has 1 fully saturated rings. The van der Waals surface area contributed by atoms with Crippen LogP contribution < -0.4 is 5.32 Å². The van der Waals surface area contributed by atoms with Crippen LogP contribution in [-0.2, 0) is 22.3 Å². The molecule has 2 aliphatic rings. The zero-order chi connectivity index (χ0) is 18.1. The summed E-state index contributed by atoms with van der Waals surface area (Å²) in [6.07, 6.45) is -4.46. The van der Waals surface area contributed by atoms with Gasteiger partial charge < -0.3 is 4.90 Å². The Hall–Kier alpha value is -2.38. The molecule has 1 unspecified atom stereocenters. The number of amides is 3. The lowest BCUT2D eigenvalue weighted by atomic mass is 10.0. The highest BCUT2D eigenvalue weighted by Gasteiger charge is 2.44. The fourth-order valence-corrected chi connectivity index (χ4v) is 2.85. The van der Waals surface area contributed by atoms with Gasteiger partial charge >= 0.3 is 6.18 Å². The number of fused-ring (bicyclic) bond motifs is 1. The van der Waals surface area contributed by atoms with E-state index >= 15 is 0 Å². The Morgan fingerprint density at radius 1 is 1.17 bits per heavy atom. The number of piperidine rings is 1. The Kier molecular flexibility index (Phi) is 4.96. The van der Waals surface area contributed by atoms with E-state index in [1.54, 1.807) is 0 Å². The van der Waals surface area contributed by atoms with Crippen molar-refractivity contribution in [2.24, 2.45) is 0 Å². The third-order valence-electron chi connectivity index (χ3n) is 3.86. The predicted octanol–water partition coefficient (Wildman–Crippen LogP) is 2.49. The smallest absolute Gasteiger partial charge is 0.322 e. The number of alkyl halides is 3. The fraction of sp³-hybridized carbons (Fsp3) is 0.438. The second-order valence-electron chi connectivity index (χ2n) is 5.24. The summed E-state index contributed by atoms with van der Waals surface area (Å²) in [5, 5.41) is 2.10. The Morgan fingerprint density at radius 2 is 1.83 bits per heavy atom. The van der Waals surface area contributed by atoms with Crippen LogP contribution in [-0.4, -0.2) is 28.7 Å². The molecule has 0 aliphatic carbocycles. The normalized spacial score (nSPS) is 20.3. The van der Waals surface area contributed by atoms with Gasteiger partial charge in [-0.1, -0.05) is 26.0 Å². The number of benzene rings is 1. The summed E-state index contributed by atoms with van der Waals surface area (Å²) < 4.78 is 39.1. The lowest BCUT2D eigenvalue weighted by Gasteiger charge is -2.29. The molecular weight excluding hydrogens is 325 g/mol. The Balaban J connectivity index is 0.00000100. The number of nitrogens with zero attached hydrogens (tertiary/aromatic N) is 1. The van der Waals surface area contributed by atoms with Gasteiger partial charge in [-0.3, -0.25) is 19.7 Å². The molecule has 1 N–H and O–H groups in total. The molecule has 1 aromatic rings. The van der Waals surface area contributed by atoms with Crippen molar-refractivity contribution in [1.82, 2.24) is 10.2 Å². The molecule has 1 atom stereocenters. The van der Waals surface area contributed by atoms with Crippen molar-refractivity contribution in [2.75, 3.05) is 0 Å². The number of carbonyl (C=O) groups is 3. The first kappa shape index (κ1) is 18.0. The topological polar surface area (TPSA) is 66.5 Å². The van der Waals surface area contributed by atoms with Crippen molar-refractivity contribution in [3.05, 3.63) is 34.9 Å². The lowest BCUT2D eigenvalue weighted by Crippen LogP contribution is -2.52. The van der Waals surface area contributed by atoms with Gasteiger partial charge in [-0.25, -0.2) is 0 Å². The van der Waals surface area contributed by atoms with Crippen LogP contribution in [0.5, 0.6) is 0 Å². The van der Waals surface area contributed by atoms with E-state index in [1.807, 2.05) is 13.8 Å². The average Bonchev–Trinajstić information content (AvgIpc) is 2.85. The molecule has 3 amide bonds. The maximum absolute atomic E-state index is 13.0. The molecular formula is C16H17F3N2O3.